The highest BCUT2D eigenvalue weighted by molar-refractivity contribution is 8.00. The number of halogens is 3. The van der Waals surface area contributed by atoms with Gasteiger partial charge in [-0.1, -0.05) is 0 Å². The molecule has 0 spiro atoms. The summed E-state index contributed by atoms with van der Waals surface area (Å²) < 4.78 is 35.5. The Balaban J connectivity index is 2.38. The molecule has 0 saturated heterocycles. The summed E-state index contributed by atoms with van der Waals surface area (Å²) in [5.41, 5.74) is -4.08. The van der Waals surface area contributed by atoms with Crippen LogP contribution in [0.5, 0.6) is 0 Å². The quantitative estimate of drug-likeness (QED) is 0.800. The molecule has 9 heteroatoms. The van der Waals surface area contributed by atoms with Crippen molar-refractivity contribution in [3.63, 3.8) is 0 Å². The fourth-order valence-electron chi connectivity index (χ4n) is 1.02. The molecule has 1 aromatic rings. The van der Waals surface area contributed by atoms with E-state index >= 15 is 0 Å². The van der Waals surface area contributed by atoms with Crippen LogP contribution in [0.25, 0.3) is 0 Å². The minimum absolute atomic E-state index is 0.109. The van der Waals surface area contributed by atoms with Gasteiger partial charge in [0.15, 0.2) is 5.69 Å². The van der Waals surface area contributed by atoms with Gasteiger partial charge < -0.3 is 10.6 Å². The average Bonchev–Trinajstić information content (AvgIpc) is 2.33. The number of anilines is 1. The van der Waals surface area contributed by atoms with Crippen LogP contribution in [0.3, 0.4) is 0 Å². The Morgan fingerprint density at radius 2 is 2.11 bits per heavy atom. The van der Waals surface area contributed by atoms with Crippen molar-refractivity contribution in [3.05, 3.63) is 17.8 Å². The Morgan fingerprint density at radius 3 is 2.61 bits per heavy atom. The number of nitrogens with one attached hydrogen (secondary N) is 2. The summed E-state index contributed by atoms with van der Waals surface area (Å²) in [4.78, 5) is 11.1. The average molecular weight is 280 g/mol. The zero-order valence-electron chi connectivity index (χ0n) is 9.41. The number of rotatable bonds is 5. The molecule has 1 aromatic heterocycles. The number of aromatic nitrogens is 2. The van der Waals surface area contributed by atoms with Crippen molar-refractivity contribution < 1.29 is 18.0 Å². The highest BCUT2D eigenvalue weighted by atomic mass is 32.2. The van der Waals surface area contributed by atoms with Gasteiger partial charge in [-0.3, -0.25) is 4.79 Å². The lowest BCUT2D eigenvalue weighted by Gasteiger charge is -2.07. The molecule has 0 atom stereocenters. The molecule has 0 saturated carbocycles. The highest BCUT2D eigenvalue weighted by Gasteiger charge is 2.27. The minimum Gasteiger partial charge on any atom is -0.368 e. The zero-order valence-corrected chi connectivity index (χ0v) is 10.2. The summed E-state index contributed by atoms with van der Waals surface area (Å²) in [5.74, 6) is -0.172. The maximum atomic E-state index is 11.8. The topological polar surface area (TPSA) is 66.9 Å². The number of carbonyl (C=O) groups is 1. The van der Waals surface area contributed by atoms with Crippen LogP contribution in [0, 0.1) is 0 Å². The van der Waals surface area contributed by atoms with E-state index in [9.17, 15) is 18.0 Å². The lowest BCUT2D eigenvalue weighted by molar-refractivity contribution is -0.0327. The molecular weight excluding hydrogens is 269 g/mol. The summed E-state index contributed by atoms with van der Waals surface area (Å²) in [6.07, 6.45) is 0. The van der Waals surface area contributed by atoms with Crippen LogP contribution in [0.2, 0.25) is 0 Å². The second-order valence-corrected chi connectivity index (χ2v) is 4.26. The number of carbonyl (C=O) groups excluding carboxylic acids is 1. The molecule has 0 bridgehead atoms. The van der Waals surface area contributed by atoms with E-state index in [1.165, 1.54) is 19.2 Å². The molecule has 0 aliphatic heterocycles. The summed E-state index contributed by atoms with van der Waals surface area (Å²) in [6, 6.07) is 2.92. The summed E-state index contributed by atoms with van der Waals surface area (Å²) in [5, 5.41) is 12.3. The van der Waals surface area contributed by atoms with Crippen molar-refractivity contribution >= 4 is 23.5 Å². The maximum Gasteiger partial charge on any atom is 0.441 e. The van der Waals surface area contributed by atoms with Crippen LogP contribution in [-0.2, 0) is 0 Å². The largest absolute Gasteiger partial charge is 0.441 e. The van der Waals surface area contributed by atoms with E-state index in [0.717, 1.165) is 0 Å². The fourth-order valence-corrected chi connectivity index (χ4v) is 1.46. The van der Waals surface area contributed by atoms with E-state index in [-0.39, 0.29) is 35.7 Å². The number of amides is 1. The normalized spacial score (nSPS) is 11.1. The summed E-state index contributed by atoms with van der Waals surface area (Å²) in [6.45, 7) is 0.109. The van der Waals surface area contributed by atoms with E-state index in [1.54, 1.807) is 0 Å². The molecule has 1 heterocycles. The monoisotopic (exact) mass is 280 g/mol. The number of hydrogen-bond donors (Lipinski definition) is 2. The van der Waals surface area contributed by atoms with E-state index in [4.69, 9.17) is 0 Å². The van der Waals surface area contributed by atoms with Gasteiger partial charge in [-0.2, -0.15) is 13.2 Å². The molecule has 2 N–H and O–H groups in total. The Morgan fingerprint density at radius 1 is 1.39 bits per heavy atom. The van der Waals surface area contributed by atoms with Crippen LogP contribution in [0.1, 0.15) is 10.5 Å². The van der Waals surface area contributed by atoms with Gasteiger partial charge in [0.25, 0.3) is 5.91 Å². The molecular formula is C9H11F3N4OS. The smallest absolute Gasteiger partial charge is 0.368 e. The first-order chi connectivity index (χ1) is 8.42. The van der Waals surface area contributed by atoms with E-state index in [1.807, 2.05) is 0 Å². The van der Waals surface area contributed by atoms with Crippen molar-refractivity contribution in [3.8, 4) is 0 Å². The molecule has 0 aromatic carbocycles. The lowest BCUT2D eigenvalue weighted by Crippen LogP contribution is -2.20. The molecule has 0 aliphatic carbocycles. The lowest BCUT2D eigenvalue weighted by atomic mass is 10.3. The second kappa shape index (κ2) is 6.43. The predicted octanol–water partition coefficient (Wildman–Crippen LogP) is 1.50. The molecule has 100 valence electrons. The molecule has 0 aliphatic rings. The SMILES string of the molecule is CNC(=O)c1ccc(NCCSC(F)(F)F)nn1. The zero-order chi connectivity index (χ0) is 13.6. The standard InChI is InChI=1S/C9H11F3N4OS/c1-13-8(17)6-2-3-7(16-15-6)14-4-5-18-9(10,11)12/h2-3H,4-5H2,1H3,(H,13,17)(H,14,16). The third-order valence-corrected chi connectivity index (χ3v) is 2.53. The number of alkyl halides is 3. The molecule has 0 radical (unpaired) electrons. The van der Waals surface area contributed by atoms with Gasteiger partial charge in [0.05, 0.1) is 0 Å². The molecule has 0 fully saturated rings. The van der Waals surface area contributed by atoms with Gasteiger partial charge in [-0.05, 0) is 23.9 Å². The van der Waals surface area contributed by atoms with Crippen LogP contribution in [0.15, 0.2) is 12.1 Å². The maximum absolute atomic E-state index is 11.8. The molecule has 1 rings (SSSR count). The Labute approximate surface area is 106 Å². The van der Waals surface area contributed by atoms with Crippen LogP contribution in [-0.4, -0.2) is 41.0 Å². The van der Waals surface area contributed by atoms with Gasteiger partial charge in [0.2, 0.25) is 0 Å². The van der Waals surface area contributed by atoms with Gasteiger partial charge in [0.1, 0.15) is 5.82 Å². The third kappa shape index (κ3) is 5.21. The number of thioether (sulfide) groups is 1. The molecule has 1 amide bonds. The van der Waals surface area contributed by atoms with E-state index < -0.39 is 5.51 Å². The Kier molecular flexibility index (Phi) is 5.20. The Bertz CT molecular complexity index is 396. The van der Waals surface area contributed by atoms with Gasteiger partial charge in [-0.15, -0.1) is 10.2 Å². The van der Waals surface area contributed by atoms with Crippen molar-refractivity contribution in [2.45, 2.75) is 5.51 Å². The summed E-state index contributed by atoms with van der Waals surface area (Å²) >= 11 is -0.110. The molecule has 5 nitrogen and oxygen atoms in total. The predicted molar refractivity (Wildman–Crippen MR) is 62.4 cm³/mol. The van der Waals surface area contributed by atoms with Gasteiger partial charge in [-0.25, -0.2) is 0 Å². The molecule has 18 heavy (non-hydrogen) atoms. The first-order valence-electron chi connectivity index (χ1n) is 4.93. The fraction of sp³-hybridized carbons (Fsp3) is 0.444. The second-order valence-electron chi connectivity index (χ2n) is 3.10. The van der Waals surface area contributed by atoms with Crippen molar-refractivity contribution in [2.24, 2.45) is 0 Å². The van der Waals surface area contributed by atoms with Crippen molar-refractivity contribution in [1.29, 1.82) is 0 Å². The summed E-state index contributed by atoms with van der Waals surface area (Å²) in [7, 11) is 1.46. The Hall–Kier alpha value is -1.51. The highest BCUT2D eigenvalue weighted by Crippen LogP contribution is 2.29. The van der Waals surface area contributed by atoms with E-state index in [2.05, 4.69) is 20.8 Å². The number of nitrogens with zero attached hydrogens (tertiary/aromatic N) is 2. The van der Waals surface area contributed by atoms with Gasteiger partial charge >= 0.3 is 5.51 Å². The first kappa shape index (κ1) is 14.6. The molecule has 0 unspecified atom stereocenters. The van der Waals surface area contributed by atoms with Crippen molar-refractivity contribution in [1.82, 2.24) is 15.5 Å². The minimum atomic E-state index is -4.23. The van der Waals surface area contributed by atoms with Gasteiger partial charge in [0, 0.05) is 19.3 Å². The third-order valence-electron chi connectivity index (χ3n) is 1.80. The number of hydrogen-bond acceptors (Lipinski definition) is 5. The van der Waals surface area contributed by atoms with Crippen LogP contribution >= 0.6 is 11.8 Å². The van der Waals surface area contributed by atoms with E-state index in [0.29, 0.717) is 5.82 Å². The first-order valence-corrected chi connectivity index (χ1v) is 5.91. The van der Waals surface area contributed by atoms with Crippen molar-refractivity contribution in [2.75, 3.05) is 24.7 Å². The van der Waals surface area contributed by atoms with Crippen LogP contribution in [0.4, 0.5) is 19.0 Å². The van der Waals surface area contributed by atoms with Crippen LogP contribution < -0.4 is 10.6 Å².